The number of hydrogen-bond donors (Lipinski definition) is 1. The molecule has 0 spiro atoms. The van der Waals surface area contributed by atoms with Crippen LogP contribution in [-0.4, -0.2) is 14.8 Å². The zero-order chi connectivity index (χ0) is 14.8. The molecule has 0 aliphatic carbocycles. The molecule has 1 aromatic heterocycles. The summed E-state index contributed by atoms with van der Waals surface area (Å²) in [6, 6.07) is 4.99. The van der Waals surface area contributed by atoms with E-state index in [2.05, 4.69) is 14.8 Å². The summed E-state index contributed by atoms with van der Waals surface area (Å²) < 4.78 is 16.3. The molecule has 0 radical (unpaired) electrons. The van der Waals surface area contributed by atoms with Crippen LogP contribution in [0.1, 0.15) is 43.6 Å². The van der Waals surface area contributed by atoms with Crippen molar-refractivity contribution < 1.29 is 4.39 Å². The molecule has 0 amide bonds. The van der Waals surface area contributed by atoms with Crippen LogP contribution in [0.15, 0.2) is 28.3 Å². The van der Waals surface area contributed by atoms with Gasteiger partial charge in [-0.15, -0.1) is 10.2 Å². The molecule has 0 unspecified atom stereocenters. The molecule has 1 atom stereocenters. The summed E-state index contributed by atoms with van der Waals surface area (Å²) in [4.78, 5) is 0.568. The van der Waals surface area contributed by atoms with Crippen molar-refractivity contribution in [3.05, 3.63) is 35.4 Å². The average molecular weight is 306 g/mol. The molecule has 1 aliphatic heterocycles. The third kappa shape index (κ3) is 3.11. The van der Waals surface area contributed by atoms with Crippen molar-refractivity contribution in [3.63, 3.8) is 0 Å². The number of nitrogens with zero attached hydrogens (tertiary/aromatic N) is 3. The largest absolute Gasteiger partial charge is 0.324 e. The molecule has 1 aromatic carbocycles. The Morgan fingerprint density at radius 3 is 2.90 bits per heavy atom. The summed E-state index contributed by atoms with van der Waals surface area (Å²) in [7, 11) is 0. The van der Waals surface area contributed by atoms with Gasteiger partial charge in [-0.25, -0.2) is 4.39 Å². The molecule has 21 heavy (non-hydrogen) atoms. The van der Waals surface area contributed by atoms with Gasteiger partial charge in [0.05, 0.1) is 4.90 Å². The van der Waals surface area contributed by atoms with Crippen molar-refractivity contribution in [1.82, 2.24) is 14.8 Å². The minimum absolute atomic E-state index is 0.164. The van der Waals surface area contributed by atoms with Crippen molar-refractivity contribution in [2.45, 2.75) is 55.2 Å². The Morgan fingerprint density at radius 1 is 1.29 bits per heavy atom. The highest BCUT2D eigenvalue weighted by Gasteiger charge is 2.17. The molecule has 2 heterocycles. The lowest BCUT2D eigenvalue weighted by molar-refractivity contribution is 0.584. The number of benzene rings is 1. The molecule has 6 heteroatoms. The predicted molar refractivity (Wildman–Crippen MR) is 80.7 cm³/mol. The Hall–Kier alpha value is -1.40. The first-order valence-corrected chi connectivity index (χ1v) is 8.12. The van der Waals surface area contributed by atoms with E-state index >= 15 is 0 Å². The second-order valence-electron chi connectivity index (χ2n) is 5.44. The number of hydrogen-bond acceptors (Lipinski definition) is 4. The Labute approximate surface area is 127 Å². The molecule has 4 nitrogen and oxygen atoms in total. The quantitative estimate of drug-likeness (QED) is 0.945. The van der Waals surface area contributed by atoms with Crippen LogP contribution in [0, 0.1) is 5.82 Å². The van der Waals surface area contributed by atoms with Crippen LogP contribution >= 0.6 is 11.8 Å². The standard InChI is InChI=1S/C15H19FN4S/c1-10(17)11-6-7-13(12(16)9-11)21-15-19-18-14-5-3-2-4-8-20(14)15/h6-7,9-10H,2-5,8,17H2,1H3/t10-/m1/s1. The second kappa shape index (κ2) is 6.15. The van der Waals surface area contributed by atoms with Crippen molar-refractivity contribution >= 4 is 11.8 Å². The van der Waals surface area contributed by atoms with E-state index in [1.54, 1.807) is 6.07 Å². The van der Waals surface area contributed by atoms with E-state index in [0.29, 0.717) is 4.90 Å². The first kappa shape index (κ1) is 14.5. The lowest BCUT2D eigenvalue weighted by atomic mass is 10.1. The van der Waals surface area contributed by atoms with Gasteiger partial charge in [-0.05, 0) is 49.2 Å². The second-order valence-corrected chi connectivity index (χ2v) is 6.45. The lowest BCUT2D eigenvalue weighted by Crippen LogP contribution is -2.05. The molecule has 1 aliphatic rings. The summed E-state index contributed by atoms with van der Waals surface area (Å²) in [5, 5.41) is 9.23. The van der Waals surface area contributed by atoms with Crippen LogP contribution in [0.25, 0.3) is 0 Å². The van der Waals surface area contributed by atoms with Crippen LogP contribution in [-0.2, 0) is 13.0 Å². The third-order valence-corrected chi connectivity index (χ3v) is 4.79. The van der Waals surface area contributed by atoms with Crippen molar-refractivity contribution in [2.75, 3.05) is 0 Å². The number of halogens is 1. The molecule has 3 rings (SSSR count). The van der Waals surface area contributed by atoms with Gasteiger partial charge >= 0.3 is 0 Å². The molecule has 2 aromatic rings. The number of aryl methyl sites for hydroxylation is 1. The maximum atomic E-state index is 14.2. The van der Waals surface area contributed by atoms with Gasteiger partial charge in [-0.3, -0.25) is 0 Å². The Bertz CT molecular complexity index is 639. The number of fused-ring (bicyclic) bond motifs is 1. The van der Waals surface area contributed by atoms with Crippen molar-refractivity contribution in [1.29, 1.82) is 0 Å². The van der Waals surface area contributed by atoms with E-state index in [1.807, 2.05) is 13.0 Å². The van der Waals surface area contributed by atoms with Gasteiger partial charge in [0.15, 0.2) is 5.16 Å². The van der Waals surface area contributed by atoms with Crippen molar-refractivity contribution in [3.8, 4) is 0 Å². The summed E-state index contributed by atoms with van der Waals surface area (Å²) in [5.41, 5.74) is 6.58. The van der Waals surface area contributed by atoms with Gasteiger partial charge in [-0.1, -0.05) is 12.5 Å². The van der Waals surface area contributed by atoms with Gasteiger partial charge in [0, 0.05) is 19.0 Å². The SMILES string of the molecule is C[C@@H](N)c1ccc(Sc2nnc3n2CCCCC3)c(F)c1. The maximum absolute atomic E-state index is 14.2. The van der Waals surface area contributed by atoms with Crippen LogP contribution in [0.2, 0.25) is 0 Å². The molecular weight excluding hydrogens is 287 g/mol. The van der Waals surface area contributed by atoms with Crippen LogP contribution in [0.4, 0.5) is 4.39 Å². The summed E-state index contributed by atoms with van der Waals surface area (Å²) in [6.07, 6.45) is 4.45. The van der Waals surface area contributed by atoms with Gasteiger partial charge < -0.3 is 10.3 Å². The average Bonchev–Trinajstić information content (AvgIpc) is 2.69. The minimum atomic E-state index is -0.249. The van der Waals surface area contributed by atoms with E-state index in [1.165, 1.54) is 24.2 Å². The molecular formula is C15H19FN4S. The van der Waals surface area contributed by atoms with Crippen LogP contribution in [0.5, 0.6) is 0 Å². The van der Waals surface area contributed by atoms with E-state index < -0.39 is 0 Å². The normalized spacial score (nSPS) is 16.3. The highest BCUT2D eigenvalue weighted by Crippen LogP contribution is 2.31. The van der Waals surface area contributed by atoms with E-state index in [9.17, 15) is 4.39 Å². The molecule has 0 bridgehead atoms. The predicted octanol–water partition coefficient (Wildman–Crippen LogP) is 3.31. The van der Waals surface area contributed by atoms with Crippen LogP contribution < -0.4 is 5.73 Å². The van der Waals surface area contributed by atoms with E-state index in [4.69, 9.17) is 5.73 Å². The first-order chi connectivity index (χ1) is 10.1. The monoisotopic (exact) mass is 306 g/mol. The highest BCUT2D eigenvalue weighted by atomic mass is 32.2. The van der Waals surface area contributed by atoms with E-state index in [0.717, 1.165) is 42.4 Å². The minimum Gasteiger partial charge on any atom is -0.324 e. The molecule has 112 valence electrons. The third-order valence-electron chi connectivity index (χ3n) is 3.76. The smallest absolute Gasteiger partial charge is 0.196 e. The number of rotatable bonds is 3. The fourth-order valence-electron chi connectivity index (χ4n) is 2.52. The zero-order valence-corrected chi connectivity index (χ0v) is 12.9. The zero-order valence-electron chi connectivity index (χ0n) is 12.1. The van der Waals surface area contributed by atoms with Gasteiger partial charge in [0.2, 0.25) is 0 Å². The van der Waals surface area contributed by atoms with Gasteiger partial charge in [-0.2, -0.15) is 0 Å². The van der Waals surface area contributed by atoms with Gasteiger partial charge in [0.25, 0.3) is 0 Å². The maximum Gasteiger partial charge on any atom is 0.196 e. The molecule has 0 saturated heterocycles. The first-order valence-electron chi connectivity index (χ1n) is 7.30. The Morgan fingerprint density at radius 2 is 2.14 bits per heavy atom. The summed E-state index contributed by atoms with van der Waals surface area (Å²) in [6.45, 7) is 2.77. The highest BCUT2D eigenvalue weighted by molar-refractivity contribution is 7.99. The Kier molecular flexibility index (Phi) is 4.26. The number of aromatic nitrogens is 3. The summed E-state index contributed by atoms with van der Waals surface area (Å²) in [5.74, 6) is 0.767. The fourth-order valence-corrected chi connectivity index (χ4v) is 3.39. The van der Waals surface area contributed by atoms with E-state index in [-0.39, 0.29) is 11.9 Å². The Balaban J connectivity index is 1.85. The lowest BCUT2D eigenvalue weighted by Gasteiger charge is -2.09. The molecule has 0 fully saturated rings. The number of nitrogens with two attached hydrogens (primary N) is 1. The molecule has 0 saturated carbocycles. The van der Waals surface area contributed by atoms with Crippen LogP contribution in [0.3, 0.4) is 0 Å². The van der Waals surface area contributed by atoms with Gasteiger partial charge in [0.1, 0.15) is 11.6 Å². The van der Waals surface area contributed by atoms with Crippen molar-refractivity contribution in [2.24, 2.45) is 5.73 Å². The summed E-state index contributed by atoms with van der Waals surface area (Å²) >= 11 is 1.34. The topological polar surface area (TPSA) is 56.7 Å². The fraction of sp³-hybridized carbons (Fsp3) is 0.467. The molecule has 2 N–H and O–H groups in total.